The number of nitrogens with one attached hydrogen (secondary N) is 1. The van der Waals surface area contributed by atoms with Gasteiger partial charge in [0.1, 0.15) is 6.61 Å². The Labute approximate surface area is 127 Å². The number of carbonyl (C=O) groups excluding carboxylic acids is 1. The molecule has 0 aromatic heterocycles. The summed E-state index contributed by atoms with van der Waals surface area (Å²) in [4.78, 5) is 11.8. The summed E-state index contributed by atoms with van der Waals surface area (Å²) in [5, 5.41) is 3.32. The second kappa shape index (κ2) is 7.13. The molecule has 1 aliphatic rings. The fourth-order valence-electron chi connectivity index (χ4n) is 1.96. The number of halogens is 2. The molecule has 1 heterocycles. The van der Waals surface area contributed by atoms with Gasteiger partial charge in [0.2, 0.25) is 5.91 Å². The highest BCUT2D eigenvalue weighted by atomic mass is 35.5. The van der Waals surface area contributed by atoms with E-state index in [2.05, 4.69) is 5.32 Å². The molecule has 3 N–H and O–H groups in total. The molecule has 0 bridgehead atoms. The lowest BCUT2D eigenvalue weighted by atomic mass is 10.2. The number of anilines is 2. The Kier molecular flexibility index (Phi) is 5.48. The summed E-state index contributed by atoms with van der Waals surface area (Å²) < 4.78 is 10.7. The van der Waals surface area contributed by atoms with Crippen LogP contribution < -0.4 is 11.1 Å². The fraction of sp³-hybridized carbons (Fsp3) is 0.462. The van der Waals surface area contributed by atoms with E-state index >= 15 is 0 Å². The first-order valence-electron chi connectivity index (χ1n) is 6.30. The number of rotatable bonds is 5. The average Bonchev–Trinajstić information content (AvgIpc) is 2.87. The van der Waals surface area contributed by atoms with Crippen molar-refractivity contribution in [3.05, 3.63) is 22.2 Å². The Hall–Kier alpha value is -1.01. The summed E-state index contributed by atoms with van der Waals surface area (Å²) in [5.41, 5.74) is 6.42. The van der Waals surface area contributed by atoms with Crippen molar-refractivity contribution in [2.75, 3.05) is 30.9 Å². The number of nitrogen functional groups attached to an aromatic ring is 1. The average molecular weight is 319 g/mol. The van der Waals surface area contributed by atoms with Crippen LogP contribution in [0.1, 0.15) is 12.8 Å². The quantitative estimate of drug-likeness (QED) is 0.819. The van der Waals surface area contributed by atoms with Crippen molar-refractivity contribution in [1.82, 2.24) is 0 Å². The second-order valence-corrected chi connectivity index (χ2v) is 5.39. The molecule has 0 spiro atoms. The van der Waals surface area contributed by atoms with E-state index in [0.29, 0.717) is 28.0 Å². The minimum absolute atomic E-state index is 0.0712. The molecule has 1 aliphatic heterocycles. The summed E-state index contributed by atoms with van der Waals surface area (Å²) in [6.45, 7) is 1.10. The smallest absolute Gasteiger partial charge is 0.250 e. The van der Waals surface area contributed by atoms with Crippen LogP contribution in [0.25, 0.3) is 0 Å². The monoisotopic (exact) mass is 318 g/mol. The number of carbonyl (C=O) groups is 1. The lowest BCUT2D eigenvalue weighted by Gasteiger charge is -2.12. The molecule has 110 valence electrons. The third kappa shape index (κ3) is 4.24. The fourth-order valence-corrected chi connectivity index (χ4v) is 2.52. The molecule has 1 unspecified atom stereocenters. The molecule has 2 rings (SSSR count). The van der Waals surface area contributed by atoms with Gasteiger partial charge in [0.05, 0.1) is 29.1 Å². The van der Waals surface area contributed by atoms with E-state index in [1.54, 1.807) is 0 Å². The largest absolute Gasteiger partial charge is 0.397 e. The number of ether oxygens (including phenoxy) is 2. The minimum Gasteiger partial charge on any atom is -0.397 e. The summed E-state index contributed by atoms with van der Waals surface area (Å²) in [6, 6.07) is 3.04. The first-order chi connectivity index (χ1) is 9.56. The van der Waals surface area contributed by atoms with Crippen LogP contribution in [-0.2, 0) is 14.3 Å². The highest BCUT2D eigenvalue weighted by Gasteiger charge is 2.16. The molecule has 5 nitrogen and oxygen atoms in total. The van der Waals surface area contributed by atoms with Crippen molar-refractivity contribution in [3.8, 4) is 0 Å². The summed E-state index contributed by atoms with van der Waals surface area (Å²) >= 11 is 11.8. The molecule has 1 aromatic carbocycles. The van der Waals surface area contributed by atoms with Crippen molar-refractivity contribution in [1.29, 1.82) is 0 Å². The van der Waals surface area contributed by atoms with Crippen LogP contribution in [0.15, 0.2) is 12.1 Å². The Bertz CT molecular complexity index is 467. The molecule has 1 amide bonds. The zero-order chi connectivity index (χ0) is 14.5. The van der Waals surface area contributed by atoms with Gasteiger partial charge in [0.15, 0.2) is 0 Å². The van der Waals surface area contributed by atoms with Gasteiger partial charge in [-0.15, -0.1) is 0 Å². The number of benzene rings is 1. The van der Waals surface area contributed by atoms with Crippen LogP contribution in [0.5, 0.6) is 0 Å². The number of amides is 1. The Morgan fingerprint density at radius 2 is 2.30 bits per heavy atom. The summed E-state index contributed by atoms with van der Waals surface area (Å²) in [6.07, 6.45) is 2.10. The lowest BCUT2D eigenvalue weighted by Crippen LogP contribution is -2.23. The third-order valence-corrected chi connectivity index (χ3v) is 3.43. The van der Waals surface area contributed by atoms with Gasteiger partial charge in [0.25, 0.3) is 0 Å². The lowest BCUT2D eigenvalue weighted by molar-refractivity contribution is -0.121. The normalized spacial score (nSPS) is 18.2. The molecule has 20 heavy (non-hydrogen) atoms. The van der Waals surface area contributed by atoms with Crippen molar-refractivity contribution in [3.63, 3.8) is 0 Å². The topological polar surface area (TPSA) is 73.6 Å². The molecule has 1 saturated heterocycles. The van der Waals surface area contributed by atoms with Crippen LogP contribution in [0, 0.1) is 0 Å². The minimum atomic E-state index is -0.320. The molecule has 0 saturated carbocycles. The predicted octanol–water partition coefficient (Wildman–Crippen LogP) is 2.71. The van der Waals surface area contributed by atoms with Gasteiger partial charge in [0, 0.05) is 11.6 Å². The summed E-state index contributed by atoms with van der Waals surface area (Å²) in [5.74, 6) is -0.320. The van der Waals surface area contributed by atoms with Crippen LogP contribution in [0.4, 0.5) is 11.4 Å². The highest BCUT2D eigenvalue weighted by Crippen LogP contribution is 2.31. The maximum absolute atomic E-state index is 11.8. The van der Waals surface area contributed by atoms with Crippen molar-refractivity contribution < 1.29 is 14.3 Å². The molecular formula is C13H16Cl2N2O3. The third-order valence-electron chi connectivity index (χ3n) is 2.91. The first kappa shape index (κ1) is 15.4. The zero-order valence-electron chi connectivity index (χ0n) is 10.8. The van der Waals surface area contributed by atoms with Gasteiger partial charge < -0.3 is 20.5 Å². The van der Waals surface area contributed by atoms with E-state index in [1.807, 2.05) is 0 Å². The van der Waals surface area contributed by atoms with Gasteiger partial charge in [-0.3, -0.25) is 4.79 Å². The van der Waals surface area contributed by atoms with E-state index in [0.717, 1.165) is 19.4 Å². The Morgan fingerprint density at radius 1 is 1.50 bits per heavy atom. The Morgan fingerprint density at radius 3 is 2.95 bits per heavy atom. The summed E-state index contributed by atoms with van der Waals surface area (Å²) in [7, 11) is 0. The van der Waals surface area contributed by atoms with Gasteiger partial charge in [-0.1, -0.05) is 23.2 Å². The maximum atomic E-state index is 11.8. The molecule has 1 atom stereocenters. The Balaban J connectivity index is 1.82. The predicted molar refractivity (Wildman–Crippen MR) is 79.3 cm³/mol. The first-order valence-corrected chi connectivity index (χ1v) is 7.05. The molecule has 0 aliphatic carbocycles. The number of hydrogen-bond donors (Lipinski definition) is 2. The molecule has 1 fully saturated rings. The van der Waals surface area contributed by atoms with Crippen LogP contribution in [0.2, 0.25) is 10.0 Å². The van der Waals surface area contributed by atoms with E-state index in [1.165, 1.54) is 12.1 Å². The van der Waals surface area contributed by atoms with E-state index in [4.69, 9.17) is 38.4 Å². The van der Waals surface area contributed by atoms with Crippen molar-refractivity contribution in [2.45, 2.75) is 18.9 Å². The van der Waals surface area contributed by atoms with Crippen molar-refractivity contribution in [2.24, 2.45) is 0 Å². The molecular weight excluding hydrogens is 303 g/mol. The van der Waals surface area contributed by atoms with Crippen molar-refractivity contribution >= 4 is 40.5 Å². The molecule has 7 heteroatoms. The standard InChI is InChI=1S/C13H16Cl2N2O3/c14-8-4-10(15)13(11(16)5-8)17-12(18)7-19-6-9-2-1-3-20-9/h4-5,9H,1-3,6-7,16H2,(H,17,18). The van der Waals surface area contributed by atoms with E-state index < -0.39 is 0 Å². The highest BCUT2D eigenvalue weighted by molar-refractivity contribution is 6.37. The second-order valence-electron chi connectivity index (χ2n) is 4.55. The van der Waals surface area contributed by atoms with Crippen LogP contribution >= 0.6 is 23.2 Å². The van der Waals surface area contributed by atoms with Crippen LogP contribution in [-0.4, -0.2) is 31.8 Å². The van der Waals surface area contributed by atoms with Gasteiger partial charge in [-0.25, -0.2) is 0 Å². The van der Waals surface area contributed by atoms with Gasteiger partial charge in [-0.05, 0) is 25.0 Å². The SMILES string of the molecule is Nc1cc(Cl)cc(Cl)c1NC(=O)COCC1CCCO1. The van der Waals surface area contributed by atoms with Crippen LogP contribution in [0.3, 0.4) is 0 Å². The molecule has 0 radical (unpaired) electrons. The van der Waals surface area contributed by atoms with Gasteiger partial charge >= 0.3 is 0 Å². The van der Waals surface area contributed by atoms with Gasteiger partial charge in [-0.2, -0.15) is 0 Å². The molecule has 1 aromatic rings. The van der Waals surface area contributed by atoms with E-state index in [-0.39, 0.29) is 18.6 Å². The zero-order valence-corrected chi connectivity index (χ0v) is 12.3. The number of nitrogens with two attached hydrogens (primary N) is 1. The van der Waals surface area contributed by atoms with E-state index in [9.17, 15) is 4.79 Å². The maximum Gasteiger partial charge on any atom is 0.250 e. The number of hydrogen-bond acceptors (Lipinski definition) is 4.